The molecule has 0 aliphatic rings. The van der Waals surface area contributed by atoms with Gasteiger partial charge in [0.1, 0.15) is 6.04 Å². The van der Waals surface area contributed by atoms with Gasteiger partial charge in [-0.05, 0) is 24.5 Å². The van der Waals surface area contributed by atoms with Gasteiger partial charge in [0.15, 0.2) is 0 Å². The smallest absolute Gasteiger partial charge is 0.253 e. The van der Waals surface area contributed by atoms with Crippen molar-refractivity contribution in [2.75, 3.05) is 6.54 Å². The molecule has 1 aromatic rings. The maximum atomic E-state index is 12.3. The van der Waals surface area contributed by atoms with Gasteiger partial charge in [-0.1, -0.05) is 57.3 Å². The average Bonchev–Trinajstić information content (AvgIpc) is 2.49. The maximum Gasteiger partial charge on any atom is 0.253 e. The molecule has 122 valence electrons. The molecule has 2 N–H and O–H groups in total. The van der Waals surface area contributed by atoms with Gasteiger partial charge in [-0.15, -0.1) is 0 Å². The van der Waals surface area contributed by atoms with Crippen molar-refractivity contribution >= 4 is 23.4 Å². The highest BCUT2D eigenvalue weighted by Crippen LogP contribution is 2.15. The van der Waals surface area contributed by atoms with E-state index >= 15 is 0 Å². The van der Waals surface area contributed by atoms with Gasteiger partial charge in [0.05, 0.1) is 10.6 Å². The van der Waals surface area contributed by atoms with Crippen molar-refractivity contribution in [3.8, 4) is 0 Å². The second-order valence-electron chi connectivity index (χ2n) is 5.67. The number of benzene rings is 1. The molecule has 0 bridgehead atoms. The van der Waals surface area contributed by atoms with Crippen molar-refractivity contribution in [1.82, 2.24) is 10.6 Å². The lowest BCUT2D eigenvalue weighted by molar-refractivity contribution is -0.123. The van der Waals surface area contributed by atoms with E-state index in [-0.39, 0.29) is 17.7 Å². The summed E-state index contributed by atoms with van der Waals surface area (Å²) in [7, 11) is 0. The van der Waals surface area contributed by atoms with Gasteiger partial charge >= 0.3 is 0 Å². The van der Waals surface area contributed by atoms with Gasteiger partial charge < -0.3 is 10.6 Å². The van der Waals surface area contributed by atoms with Crippen LogP contribution in [0.5, 0.6) is 0 Å². The highest BCUT2D eigenvalue weighted by Gasteiger charge is 2.24. The SMILES string of the molecule is CCCCCNC(=O)C(NC(=O)c1ccccc1Cl)C(C)C. The fraction of sp³-hybridized carbons (Fsp3) is 0.529. The second-order valence-corrected chi connectivity index (χ2v) is 6.08. The predicted molar refractivity (Wildman–Crippen MR) is 90.1 cm³/mol. The lowest BCUT2D eigenvalue weighted by Gasteiger charge is -2.22. The van der Waals surface area contributed by atoms with Crippen LogP contribution in [0.2, 0.25) is 5.02 Å². The maximum absolute atomic E-state index is 12.3. The van der Waals surface area contributed by atoms with E-state index in [4.69, 9.17) is 11.6 Å². The third kappa shape index (κ3) is 5.68. The molecule has 4 nitrogen and oxygen atoms in total. The number of nitrogens with one attached hydrogen (secondary N) is 2. The van der Waals surface area contributed by atoms with Crippen molar-refractivity contribution in [2.45, 2.75) is 46.1 Å². The topological polar surface area (TPSA) is 58.2 Å². The van der Waals surface area contributed by atoms with E-state index in [2.05, 4.69) is 17.6 Å². The number of carbonyl (C=O) groups excluding carboxylic acids is 2. The molecule has 1 unspecified atom stereocenters. The zero-order chi connectivity index (χ0) is 16.5. The zero-order valence-corrected chi connectivity index (χ0v) is 14.2. The first-order chi connectivity index (χ1) is 10.5. The summed E-state index contributed by atoms with van der Waals surface area (Å²) in [6.07, 6.45) is 3.14. The third-order valence-corrected chi connectivity index (χ3v) is 3.76. The van der Waals surface area contributed by atoms with Gasteiger partial charge in [-0.25, -0.2) is 0 Å². The Balaban J connectivity index is 2.66. The summed E-state index contributed by atoms with van der Waals surface area (Å²) < 4.78 is 0. The fourth-order valence-corrected chi connectivity index (χ4v) is 2.32. The molecule has 2 amide bonds. The Morgan fingerprint density at radius 1 is 1.18 bits per heavy atom. The van der Waals surface area contributed by atoms with Gasteiger partial charge in [0.25, 0.3) is 5.91 Å². The van der Waals surface area contributed by atoms with Gasteiger partial charge in [-0.2, -0.15) is 0 Å². The van der Waals surface area contributed by atoms with E-state index in [9.17, 15) is 9.59 Å². The number of rotatable bonds is 8. The number of unbranched alkanes of at least 4 members (excludes halogenated alkanes) is 2. The van der Waals surface area contributed by atoms with Crippen LogP contribution in [0.25, 0.3) is 0 Å². The van der Waals surface area contributed by atoms with Gasteiger partial charge in [-0.3, -0.25) is 9.59 Å². The molecule has 0 saturated heterocycles. The summed E-state index contributed by atoms with van der Waals surface area (Å²) in [5.41, 5.74) is 0.383. The van der Waals surface area contributed by atoms with Crippen molar-refractivity contribution in [1.29, 1.82) is 0 Å². The zero-order valence-electron chi connectivity index (χ0n) is 13.5. The summed E-state index contributed by atoms with van der Waals surface area (Å²) in [4.78, 5) is 24.5. The lowest BCUT2D eigenvalue weighted by Crippen LogP contribution is -2.49. The van der Waals surface area contributed by atoms with Gasteiger partial charge in [0.2, 0.25) is 5.91 Å². The molecule has 0 aliphatic heterocycles. The second kappa shape index (κ2) is 9.46. The van der Waals surface area contributed by atoms with E-state index in [1.165, 1.54) is 0 Å². The van der Waals surface area contributed by atoms with Crippen LogP contribution in [0.1, 0.15) is 50.4 Å². The van der Waals surface area contributed by atoms with Crippen LogP contribution < -0.4 is 10.6 Å². The Morgan fingerprint density at radius 2 is 1.86 bits per heavy atom. The number of amides is 2. The summed E-state index contributed by atoms with van der Waals surface area (Å²) in [5, 5.41) is 6.04. The number of hydrogen-bond acceptors (Lipinski definition) is 2. The molecule has 5 heteroatoms. The molecule has 22 heavy (non-hydrogen) atoms. The Kier molecular flexibility index (Phi) is 7.96. The van der Waals surface area contributed by atoms with Crippen molar-refractivity contribution in [2.24, 2.45) is 5.92 Å². The highest BCUT2D eigenvalue weighted by molar-refractivity contribution is 6.33. The van der Waals surface area contributed by atoms with Gasteiger partial charge in [0, 0.05) is 6.54 Å². The molecule has 1 rings (SSSR count). The lowest BCUT2D eigenvalue weighted by atomic mass is 10.0. The van der Waals surface area contributed by atoms with E-state index in [1.54, 1.807) is 24.3 Å². The van der Waals surface area contributed by atoms with Crippen LogP contribution in [0.4, 0.5) is 0 Å². The monoisotopic (exact) mass is 324 g/mol. The summed E-state index contributed by atoms with van der Waals surface area (Å²) >= 11 is 6.02. The van der Waals surface area contributed by atoms with Crippen LogP contribution in [0.15, 0.2) is 24.3 Å². The molecule has 0 radical (unpaired) electrons. The highest BCUT2D eigenvalue weighted by atomic mass is 35.5. The minimum Gasteiger partial charge on any atom is -0.354 e. The van der Waals surface area contributed by atoms with Crippen molar-refractivity contribution < 1.29 is 9.59 Å². The Hall–Kier alpha value is -1.55. The normalized spacial score (nSPS) is 12.0. The Bertz CT molecular complexity index is 503. The van der Waals surface area contributed by atoms with Crippen LogP contribution in [0, 0.1) is 5.92 Å². The Labute approximate surface area is 137 Å². The van der Waals surface area contributed by atoms with Crippen LogP contribution >= 0.6 is 11.6 Å². The molecule has 0 heterocycles. The van der Waals surface area contributed by atoms with Crippen LogP contribution in [-0.2, 0) is 4.79 Å². The molecule has 0 aromatic heterocycles. The molecule has 1 atom stereocenters. The molecular weight excluding hydrogens is 300 g/mol. The summed E-state index contributed by atoms with van der Waals surface area (Å²) in [6, 6.07) is 6.25. The van der Waals surface area contributed by atoms with E-state index in [0.717, 1.165) is 19.3 Å². The standard InChI is InChI=1S/C17H25ClN2O2/c1-4-5-8-11-19-17(22)15(12(2)3)20-16(21)13-9-6-7-10-14(13)18/h6-7,9-10,12,15H,4-5,8,11H2,1-3H3,(H,19,22)(H,20,21). The van der Waals surface area contributed by atoms with Crippen molar-refractivity contribution in [3.05, 3.63) is 34.9 Å². The van der Waals surface area contributed by atoms with Crippen LogP contribution in [0.3, 0.4) is 0 Å². The van der Waals surface area contributed by atoms with Crippen molar-refractivity contribution in [3.63, 3.8) is 0 Å². The first-order valence-corrected chi connectivity index (χ1v) is 8.18. The average molecular weight is 325 g/mol. The third-order valence-electron chi connectivity index (χ3n) is 3.43. The Morgan fingerprint density at radius 3 is 2.45 bits per heavy atom. The minimum atomic E-state index is -0.564. The van der Waals surface area contributed by atoms with Crippen LogP contribution in [-0.4, -0.2) is 24.4 Å². The number of carbonyl (C=O) groups is 2. The molecule has 0 spiro atoms. The molecule has 0 saturated carbocycles. The fourth-order valence-electron chi connectivity index (χ4n) is 2.10. The summed E-state index contributed by atoms with van der Waals surface area (Å²) in [6.45, 7) is 6.56. The predicted octanol–water partition coefficient (Wildman–Crippen LogP) is 3.40. The first kappa shape index (κ1) is 18.5. The van der Waals surface area contributed by atoms with E-state index in [0.29, 0.717) is 17.1 Å². The van der Waals surface area contributed by atoms with E-state index in [1.807, 2.05) is 13.8 Å². The number of halogens is 1. The first-order valence-electron chi connectivity index (χ1n) is 7.80. The van der Waals surface area contributed by atoms with E-state index < -0.39 is 6.04 Å². The minimum absolute atomic E-state index is 0.00221. The molecule has 0 aliphatic carbocycles. The molecular formula is C17H25ClN2O2. The molecule has 0 fully saturated rings. The number of hydrogen-bond donors (Lipinski definition) is 2. The molecule has 1 aromatic carbocycles. The summed E-state index contributed by atoms with van der Waals surface area (Å²) in [5.74, 6) is -0.475. The largest absolute Gasteiger partial charge is 0.354 e. The quantitative estimate of drug-likeness (QED) is 0.720.